The molecule has 0 saturated heterocycles. The molecular weight excluding hydrogens is 290 g/mol. The van der Waals surface area contributed by atoms with E-state index in [0.717, 1.165) is 12.8 Å². The van der Waals surface area contributed by atoms with Crippen LogP contribution < -0.4 is 10.5 Å². The van der Waals surface area contributed by atoms with Crippen molar-refractivity contribution in [2.24, 2.45) is 5.73 Å². The molecule has 3 N–H and O–H groups in total. The fourth-order valence-electron chi connectivity index (χ4n) is 2.41. The second kappa shape index (κ2) is 7.84. The van der Waals surface area contributed by atoms with Crippen LogP contribution in [0.3, 0.4) is 0 Å². The van der Waals surface area contributed by atoms with E-state index in [1.165, 1.54) is 31.5 Å². The number of nitrogens with one attached hydrogen (secondary N) is 1. The lowest BCUT2D eigenvalue weighted by Gasteiger charge is -2.21. The van der Waals surface area contributed by atoms with Gasteiger partial charge in [-0.05, 0) is 25.0 Å². The summed E-state index contributed by atoms with van der Waals surface area (Å²) < 4.78 is 32.3. The van der Waals surface area contributed by atoms with E-state index in [1.54, 1.807) is 6.07 Å². The highest BCUT2D eigenvalue weighted by molar-refractivity contribution is 7.89. The van der Waals surface area contributed by atoms with E-state index in [4.69, 9.17) is 10.5 Å². The average Bonchev–Trinajstić information content (AvgIpc) is 2.53. The highest BCUT2D eigenvalue weighted by atomic mass is 32.2. The van der Waals surface area contributed by atoms with Crippen LogP contribution >= 0.6 is 0 Å². The van der Waals surface area contributed by atoms with Gasteiger partial charge in [-0.1, -0.05) is 19.3 Å². The van der Waals surface area contributed by atoms with Gasteiger partial charge in [0.05, 0.1) is 18.4 Å². The Kier molecular flexibility index (Phi) is 6.10. The topological polar surface area (TPSA) is 94.3 Å². The van der Waals surface area contributed by atoms with Crippen molar-refractivity contribution in [3.63, 3.8) is 0 Å². The number of rotatable bonds is 7. The largest absolute Gasteiger partial charge is 0.377 e. The van der Waals surface area contributed by atoms with Crippen molar-refractivity contribution >= 4 is 10.0 Å². The van der Waals surface area contributed by atoms with E-state index < -0.39 is 10.0 Å². The van der Waals surface area contributed by atoms with Crippen LogP contribution in [0.25, 0.3) is 0 Å². The first kappa shape index (κ1) is 16.4. The Morgan fingerprint density at radius 1 is 1.29 bits per heavy atom. The van der Waals surface area contributed by atoms with E-state index >= 15 is 0 Å². The van der Waals surface area contributed by atoms with Crippen molar-refractivity contribution < 1.29 is 13.2 Å². The molecule has 1 fully saturated rings. The molecule has 0 aliphatic heterocycles. The van der Waals surface area contributed by atoms with Gasteiger partial charge in [0, 0.05) is 19.3 Å². The molecule has 0 bridgehead atoms. The monoisotopic (exact) mass is 313 g/mol. The zero-order valence-electron chi connectivity index (χ0n) is 12.1. The van der Waals surface area contributed by atoms with Crippen molar-refractivity contribution in [3.8, 4) is 0 Å². The molecule has 118 valence electrons. The van der Waals surface area contributed by atoms with Gasteiger partial charge in [0.2, 0.25) is 10.0 Å². The molecule has 6 nitrogen and oxygen atoms in total. The predicted molar refractivity (Wildman–Crippen MR) is 80.1 cm³/mol. The molecule has 0 amide bonds. The van der Waals surface area contributed by atoms with Gasteiger partial charge in [0.1, 0.15) is 4.90 Å². The molecule has 1 aromatic heterocycles. The van der Waals surface area contributed by atoms with Crippen molar-refractivity contribution in [2.45, 2.75) is 49.6 Å². The van der Waals surface area contributed by atoms with Gasteiger partial charge >= 0.3 is 0 Å². The minimum Gasteiger partial charge on any atom is -0.377 e. The van der Waals surface area contributed by atoms with Crippen LogP contribution in [-0.2, 0) is 21.3 Å². The maximum Gasteiger partial charge on any atom is 0.242 e. The average molecular weight is 313 g/mol. The van der Waals surface area contributed by atoms with E-state index in [-0.39, 0.29) is 17.5 Å². The highest BCUT2D eigenvalue weighted by Gasteiger charge is 2.16. The van der Waals surface area contributed by atoms with Gasteiger partial charge in [-0.2, -0.15) is 0 Å². The molecular formula is C14H23N3O3S. The Morgan fingerprint density at radius 2 is 2.05 bits per heavy atom. The summed E-state index contributed by atoms with van der Waals surface area (Å²) in [6, 6.07) is 3.13. The van der Waals surface area contributed by atoms with Crippen LogP contribution in [0.4, 0.5) is 0 Å². The minimum atomic E-state index is -3.52. The van der Waals surface area contributed by atoms with E-state index in [9.17, 15) is 8.42 Å². The molecule has 1 heterocycles. The van der Waals surface area contributed by atoms with E-state index in [0.29, 0.717) is 18.8 Å². The number of nitrogens with zero attached hydrogens (tertiary/aromatic N) is 1. The lowest BCUT2D eigenvalue weighted by molar-refractivity contribution is 0.0321. The van der Waals surface area contributed by atoms with Crippen LogP contribution in [0.5, 0.6) is 0 Å². The first-order valence-electron chi connectivity index (χ1n) is 7.38. The molecule has 1 saturated carbocycles. The Morgan fingerprint density at radius 3 is 2.67 bits per heavy atom. The number of aromatic nitrogens is 1. The van der Waals surface area contributed by atoms with Crippen molar-refractivity contribution in [1.82, 2.24) is 9.71 Å². The third-order valence-corrected chi connectivity index (χ3v) is 5.06. The van der Waals surface area contributed by atoms with Gasteiger partial charge in [0.15, 0.2) is 0 Å². The van der Waals surface area contributed by atoms with Crippen LogP contribution in [0.2, 0.25) is 0 Å². The molecule has 2 rings (SSSR count). The Labute approximate surface area is 126 Å². The minimum absolute atomic E-state index is 0.150. The lowest BCUT2D eigenvalue weighted by Crippen LogP contribution is -2.29. The first-order chi connectivity index (χ1) is 10.1. The normalized spacial score (nSPS) is 17.0. The molecule has 1 aliphatic rings. The van der Waals surface area contributed by atoms with Crippen LogP contribution in [0.15, 0.2) is 23.2 Å². The van der Waals surface area contributed by atoms with Gasteiger partial charge in [-0.3, -0.25) is 4.98 Å². The number of hydrogen-bond acceptors (Lipinski definition) is 5. The van der Waals surface area contributed by atoms with Crippen LogP contribution in [0.1, 0.15) is 37.8 Å². The first-order valence-corrected chi connectivity index (χ1v) is 8.86. The van der Waals surface area contributed by atoms with Gasteiger partial charge in [0.25, 0.3) is 0 Å². The summed E-state index contributed by atoms with van der Waals surface area (Å²) in [5, 5.41) is 0. The maximum absolute atomic E-state index is 12.0. The third kappa shape index (κ3) is 5.03. The zero-order chi connectivity index (χ0) is 15.1. The summed E-state index contributed by atoms with van der Waals surface area (Å²) in [5.41, 5.74) is 6.10. The van der Waals surface area contributed by atoms with E-state index in [2.05, 4.69) is 9.71 Å². The highest BCUT2D eigenvalue weighted by Crippen LogP contribution is 2.19. The SMILES string of the molecule is NCc1ccc(S(=O)(=O)NCCOC2CCCCC2)cn1. The van der Waals surface area contributed by atoms with Crippen molar-refractivity contribution in [2.75, 3.05) is 13.2 Å². The predicted octanol–water partition coefficient (Wildman–Crippen LogP) is 1.17. The second-order valence-electron chi connectivity index (χ2n) is 5.22. The number of pyridine rings is 1. The van der Waals surface area contributed by atoms with Crippen molar-refractivity contribution in [1.29, 1.82) is 0 Å². The second-order valence-corrected chi connectivity index (χ2v) is 6.98. The molecule has 7 heteroatoms. The summed E-state index contributed by atoms with van der Waals surface area (Å²) in [6.45, 7) is 0.971. The molecule has 0 unspecified atom stereocenters. The molecule has 1 aromatic rings. The standard InChI is InChI=1S/C14H23N3O3S/c15-10-12-6-7-14(11-16-12)21(18,19)17-8-9-20-13-4-2-1-3-5-13/h6-7,11,13,17H,1-5,8-10,15H2. The van der Waals surface area contributed by atoms with E-state index in [1.807, 2.05) is 0 Å². The Hall–Kier alpha value is -1.02. The smallest absolute Gasteiger partial charge is 0.242 e. The quantitative estimate of drug-likeness (QED) is 0.737. The van der Waals surface area contributed by atoms with Gasteiger partial charge in [-0.15, -0.1) is 0 Å². The summed E-state index contributed by atoms with van der Waals surface area (Å²) in [5.74, 6) is 0. The fraction of sp³-hybridized carbons (Fsp3) is 0.643. The summed E-state index contributed by atoms with van der Waals surface area (Å²) in [6.07, 6.45) is 7.46. The number of ether oxygens (including phenoxy) is 1. The fourth-order valence-corrected chi connectivity index (χ4v) is 3.36. The van der Waals surface area contributed by atoms with Crippen LogP contribution in [0, 0.1) is 0 Å². The van der Waals surface area contributed by atoms with Crippen molar-refractivity contribution in [3.05, 3.63) is 24.0 Å². The zero-order valence-corrected chi connectivity index (χ0v) is 12.9. The summed E-state index contributed by atoms with van der Waals surface area (Å²) in [7, 11) is -3.52. The molecule has 0 aromatic carbocycles. The molecule has 1 aliphatic carbocycles. The van der Waals surface area contributed by atoms with Crippen LogP contribution in [-0.4, -0.2) is 32.7 Å². The Balaban J connectivity index is 1.77. The molecule has 0 spiro atoms. The number of sulfonamides is 1. The number of nitrogens with two attached hydrogens (primary N) is 1. The summed E-state index contributed by atoms with van der Waals surface area (Å²) in [4.78, 5) is 4.14. The number of hydrogen-bond donors (Lipinski definition) is 2. The lowest BCUT2D eigenvalue weighted by atomic mass is 9.98. The van der Waals surface area contributed by atoms with Gasteiger partial charge in [-0.25, -0.2) is 13.1 Å². The Bertz CT molecular complexity index is 525. The summed E-state index contributed by atoms with van der Waals surface area (Å²) >= 11 is 0. The molecule has 21 heavy (non-hydrogen) atoms. The van der Waals surface area contributed by atoms with Gasteiger partial charge < -0.3 is 10.5 Å². The third-order valence-electron chi connectivity index (χ3n) is 3.62. The molecule has 0 atom stereocenters. The maximum atomic E-state index is 12.0. The molecule has 0 radical (unpaired) electrons.